The van der Waals surface area contributed by atoms with Crippen molar-refractivity contribution in [3.05, 3.63) is 40.4 Å². The number of hydrogen-bond acceptors (Lipinski definition) is 3. The summed E-state index contributed by atoms with van der Waals surface area (Å²) in [5, 5.41) is 18.1. The van der Waals surface area contributed by atoms with Crippen LogP contribution in [0.5, 0.6) is 0 Å². The van der Waals surface area contributed by atoms with Crippen molar-refractivity contribution < 1.29 is 5.11 Å². The molecule has 1 aliphatic rings. The Labute approximate surface area is 128 Å². The van der Waals surface area contributed by atoms with Crippen molar-refractivity contribution in [3.8, 4) is 6.07 Å². The van der Waals surface area contributed by atoms with Crippen LogP contribution in [0.3, 0.4) is 0 Å². The zero-order valence-corrected chi connectivity index (χ0v) is 13.4. The average molecular weight is 335 g/mol. The van der Waals surface area contributed by atoms with Crippen molar-refractivity contribution in [2.45, 2.75) is 19.3 Å². The highest BCUT2D eigenvalue weighted by atomic mass is 79.9. The smallest absolute Gasteiger partial charge is 0.0909 e. The van der Waals surface area contributed by atoms with Gasteiger partial charge in [0.1, 0.15) is 0 Å². The van der Waals surface area contributed by atoms with Gasteiger partial charge in [0.2, 0.25) is 0 Å². The molecule has 0 bridgehead atoms. The van der Waals surface area contributed by atoms with E-state index in [4.69, 9.17) is 5.26 Å². The van der Waals surface area contributed by atoms with Crippen LogP contribution in [0.25, 0.3) is 0 Å². The molecule has 2 atom stereocenters. The van der Waals surface area contributed by atoms with Crippen molar-refractivity contribution in [2.75, 3.05) is 24.6 Å². The maximum atomic E-state index is 9.28. The Morgan fingerprint density at radius 3 is 3.00 bits per heavy atom. The van der Waals surface area contributed by atoms with Crippen LogP contribution in [-0.4, -0.2) is 24.8 Å². The molecule has 1 heterocycles. The molecule has 106 valence electrons. The van der Waals surface area contributed by atoms with Crippen LogP contribution in [-0.2, 0) is 5.41 Å². The number of allylic oxidation sites excluding steroid dienone is 1. The van der Waals surface area contributed by atoms with Crippen LogP contribution in [0.1, 0.15) is 19.4 Å². The summed E-state index contributed by atoms with van der Waals surface area (Å²) < 4.78 is 1.05. The summed E-state index contributed by atoms with van der Waals surface area (Å²) in [4.78, 5) is 2.29. The Morgan fingerprint density at radius 2 is 2.35 bits per heavy atom. The van der Waals surface area contributed by atoms with Gasteiger partial charge in [0.15, 0.2) is 0 Å². The maximum absolute atomic E-state index is 9.28. The lowest BCUT2D eigenvalue weighted by molar-refractivity contribution is 0.239. The molecule has 0 radical (unpaired) electrons. The van der Waals surface area contributed by atoms with Crippen molar-refractivity contribution >= 4 is 21.6 Å². The molecule has 4 heteroatoms. The summed E-state index contributed by atoms with van der Waals surface area (Å²) in [5.74, 6) is 0.226. The van der Waals surface area contributed by atoms with Gasteiger partial charge in [-0.15, -0.1) is 0 Å². The number of rotatable bonds is 4. The highest BCUT2D eigenvalue weighted by Gasteiger charge is 2.37. The second-order valence-corrected chi connectivity index (χ2v) is 6.63. The molecular weight excluding hydrogens is 316 g/mol. The molecule has 1 N–H and O–H groups in total. The maximum Gasteiger partial charge on any atom is 0.0909 e. The monoisotopic (exact) mass is 334 g/mol. The second-order valence-electron chi connectivity index (χ2n) is 5.71. The molecule has 0 amide bonds. The number of nitrogens with zero attached hydrogens (tertiary/aromatic N) is 2. The quantitative estimate of drug-likeness (QED) is 0.860. The molecule has 1 aromatic carbocycles. The molecule has 2 rings (SSSR count). The van der Waals surface area contributed by atoms with E-state index in [9.17, 15) is 5.11 Å². The van der Waals surface area contributed by atoms with Gasteiger partial charge in [-0.2, -0.15) is 5.26 Å². The number of aliphatic hydroxyl groups is 1. The van der Waals surface area contributed by atoms with E-state index in [0.29, 0.717) is 0 Å². The van der Waals surface area contributed by atoms with Gasteiger partial charge in [-0.05, 0) is 23.6 Å². The van der Waals surface area contributed by atoms with E-state index in [1.165, 1.54) is 11.3 Å². The van der Waals surface area contributed by atoms with Crippen LogP contribution in [0, 0.1) is 17.2 Å². The van der Waals surface area contributed by atoms with Gasteiger partial charge >= 0.3 is 0 Å². The Kier molecular flexibility index (Phi) is 4.52. The molecule has 0 saturated heterocycles. The molecule has 3 nitrogen and oxygen atoms in total. The second kappa shape index (κ2) is 5.99. The minimum absolute atomic E-state index is 0.152. The first-order valence-electron chi connectivity index (χ1n) is 6.73. The predicted molar refractivity (Wildman–Crippen MR) is 84.7 cm³/mol. The van der Waals surface area contributed by atoms with E-state index in [1.807, 2.05) is 19.1 Å². The minimum Gasteiger partial charge on any atom is -0.396 e. The Morgan fingerprint density at radius 1 is 1.60 bits per heavy atom. The van der Waals surface area contributed by atoms with Crippen molar-refractivity contribution in [1.82, 2.24) is 0 Å². The lowest BCUT2D eigenvalue weighted by Gasteiger charge is -2.25. The largest absolute Gasteiger partial charge is 0.396 e. The number of benzene rings is 1. The topological polar surface area (TPSA) is 47.3 Å². The lowest BCUT2D eigenvalue weighted by atomic mass is 9.84. The van der Waals surface area contributed by atoms with Gasteiger partial charge in [0.05, 0.1) is 6.07 Å². The van der Waals surface area contributed by atoms with Crippen LogP contribution in [0.15, 0.2) is 34.8 Å². The van der Waals surface area contributed by atoms with E-state index in [2.05, 4.69) is 46.0 Å². The summed E-state index contributed by atoms with van der Waals surface area (Å²) in [7, 11) is 0. The van der Waals surface area contributed by atoms with E-state index in [1.54, 1.807) is 6.08 Å². The lowest BCUT2D eigenvalue weighted by Crippen LogP contribution is -2.33. The van der Waals surface area contributed by atoms with Crippen molar-refractivity contribution in [2.24, 2.45) is 5.92 Å². The number of halogens is 1. The van der Waals surface area contributed by atoms with Crippen LogP contribution >= 0.6 is 15.9 Å². The number of anilines is 1. The van der Waals surface area contributed by atoms with Crippen molar-refractivity contribution in [3.63, 3.8) is 0 Å². The van der Waals surface area contributed by atoms with Crippen LogP contribution in [0.2, 0.25) is 0 Å². The predicted octanol–water partition coefficient (Wildman–Crippen LogP) is 3.23. The standard InChI is InChI=1S/C16H19BrN2O/c1-12(10-20)9-19-11-16(2,6-3-7-18)14-5-4-13(17)8-15(14)19/h3-6,8,12,20H,9-11H2,1-2H3/b6-3+/t12-,16?/m0/s1. The third-order valence-corrected chi connectivity index (χ3v) is 4.30. The summed E-state index contributed by atoms with van der Waals surface area (Å²) in [6, 6.07) is 8.35. The first kappa shape index (κ1) is 15.1. The summed E-state index contributed by atoms with van der Waals surface area (Å²) in [6.07, 6.45) is 3.54. The third-order valence-electron chi connectivity index (χ3n) is 3.80. The highest BCUT2D eigenvalue weighted by molar-refractivity contribution is 9.10. The van der Waals surface area contributed by atoms with E-state index >= 15 is 0 Å². The Balaban J connectivity index is 2.40. The number of fused-ring (bicyclic) bond motifs is 1. The molecule has 0 spiro atoms. The minimum atomic E-state index is -0.152. The normalized spacial score (nSPS) is 22.9. The van der Waals surface area contributed by atoms with Gasteiger partial charge < -0.3 is 10.0 Å². The first-order valence-corrected chi connectivity index (χ1v) is 7.52. The summed E-state index contributed by atoms with van der Waals surface area (Å²) in [5.41, 5.74) is 2.27. The first-order chi connectivity index (χ1) is 9.50. The van der Waals surface area contributed by atoms with Gasteiger partial charge in [-0.1, -0.05) is 41.9 Å². The molecule has 0 aliphatic carbocycles. The fourth-order valence-corrected chi connectivity index (χ4v) is 3.13. The van der Waals surface area contributed by atoms with Gasteiger partial charge in [0.25, 0.3) is 0 Å². The SMILES string of the molecule is C[C@H](CO)CN1CC(C)(/C=C/C#N)c2ccc(Br)cc21. The molecule has 0 fully saturated rings. The molecule has 1 aromatic rings. The average Bonchev–Trinajstić information content (AvgIpc) is 2.69. The molecule has 1 aliphatic heterocycles. The number of aliphatic hydroxyl groups excluding tert-OH is 1. The molecule has 0 saturated carbocycles. The summed E-state index contributed by atoms with van der Waals surface area (Å²) in [6.45, 7) is 6.03. The van der Waals surface area contributed by atoms with Gasteiger partial charge in [0, 0.05) is 41.3 Å². The van der Waals surface area contributed by atoms with Crippen LogP contribution < -0.4 is 4.90 Å². The number of nitriles is 1. The van der Waals surface area contributed by atoms with Crippen LogP contribution in [0.4, 0.5) is 5.69 Å². The van der Waals surface area contributed by atoms with E-state index < -0.39 is 0 Å². The molecule has 20 heavy (non-hydrogen) atoms. The zero-order chi connectivity index (χ0) is 14.8. The number of hydrogen-bond donors (Lipinski definition) is 1. The molecule has 0 aromatic heterocycles. The van der Waals surface area contributed by atoms with Gasteiger partial charge in [-0.3, -0.25) is 0 Å². The van der Waals surface area contributed by atoms with E-state index in [0.717, 1.165) is 17.6 Å². The van der Waals surface area contributed by atoms with Crippen molar-refractivity contribution in [1.29, 1.82) is 5.26 Å². The third kappa shape index (κ3) is 2.89. The van der Waals surface area contributed by atoms with Gasteiger partial charge in [-0.25, -0.2) is 0 Å². The Bertz CT molecular complexity index is 564. The fourth-order valence-electron chi connectivity index (χ4n) is 2.78. The fraction of sp³-hybridized carbons (Fsp3) is 0.438. The summed E-state index contributed by atoms with van der Waals surface area (Å²) >= 11 is 3.52. The molecule has 1 unspecified atom stereocenters. The molecular formula is C16H19BrN2O. The zero-order valence-electron chi connectivity index (χ0n) is 11.8. The van der Waals surface area contributed by atoms with E-state index in [-0.39, 0.29) is 17.9 Å². The highest BCUT2D eigenvalue weighted by Crippen LogP contribution is 2.43. The Hall–Kier alpha value is -1.31.